The Labute approximate surface area is 173 Å². The maximum atomic E-state index is 14.0. The number of amides is 1. The second-order valence-electron chi connectivity index (χ2n) is 8.35. The third-order valence-corrected chi connectivity index (χ3v) is 6.08. The van der Waals surface area contributed by atoms with E-state index >= 15 is 0 Å². The summed E-state index contributed by atoms with van der Waals surface area (Å²) in [5.74, 6) is -0.987. The summed E-state index contributed by atoms with van der Waals surface area (Å²) in [5.41, 5.74) is 1.36. The topological polar surface area (TPSA) is 69.3 Å². The minimum Gasteiger partial charge on any atom is -0.332 e. The molecule has 0 radical (unpaired) electrons. The van der Waals surface area contributed by atoms with E-state index in [9.17, 15) is 18.4 Å². The van der Waals surface area contributed by atoms with E-state index in [0.717, 1.165) is 36.9 Å². The number of benzene rings is 1. The summed E-state index contributed by atoms with van der Waals surface area (Å²) in [6.07, 6.45) is 1.92. The van der Waals surface area contributed by atoms with Gasteiger partial charge in [0.05, 0.1) is 23.7 Å². The summed E-state index contributed by atoms with van der Waals surface area (Å²) in [6, 6.07) is 3.11. The predicted octanol–water partition coefficient (Wildman–Crippen LogP) is 2.72. The van der Waals surface area contributed by atoms with Crippen molar-refractivity contribution in [1.29, 1.82) is 0 Å². The Hall–Kier alpha value is -2.61. The largest absolute Gasteiger partial charge is 0.332 e. The normalized spacial score (nSPS) is 19.4. The number of fused-ring (bicyclic) bond motifs is 1. The number of hydrogen-bond acceptors (Lipinski definition) is 4. The van der Waals surface area contributed by atoms with Crippen molar-refractivity contribution in [3.05, 3.63) is 62.8 Å². The van der Waals surface area contributed by atoms with Gasteiger partial charge in [-0.25, -0.2) is 13.8 Å². The molecule has 2 aliphatic heterocycles. The number of rotatable bonds is 4. The van der Waals surface area contributed by atoms with Gasteiger partial charge in [-0.05, 0) is 44.9 Å². The molecule has 2 aromatic rings. The molecule has 0 bridgehead atoms. The average Bonchev–Trinajstić information content (AvgIpc) is 3.20. The lowest BCUT2D eigenvalue weighted by Gasteiger charge is -2.31. The number of likely N-dealkylation sites (tertiary alicyclic amines) is 1. The van der Waals surface area contributed by atoms with Crippen molar-refractivity contribution < 1.29 is 13.6 Å². The number of nitrogens with zero attached hydrogens (tertiary/aromatic N) is 3. The minimum atomic E-state index is -0.601. The maximum absolute atomic E-state index is 14.0. The maximum Gasteiger partial charge on any atom is 0.255 e. The van der Waals surface area contributed by atoms with E-state index in [-0.39, 0.29) is 29.5 Å². The van der Waals surface area contributed by atoms with Gasteiger partial charge in [-0.2, -0.15) is 0 Å². The molecule has 6 nitrogen and oxygen atoms in total. The zero-order valence-corrected chi connectivity index (χ0v) is 17.3. The van der Waals surface area contributed by atoms with Gasteiger partial charge < -0.3 is 9.88 Å². The highest BCUT2D eigenvalue weighted by Gasteiger charge is 2.33. The van der Waals surface area contributed by atoms with Crippen LogP contribution in [0, 0.1) is 11.6 Å². The SMILES string of the molecule is CC(C)N1CCc2nc([C@@H]3CCCN3C(=O)Cc3cc(F)ccc3F)[nH]c(=O)c2C1. The Morgan fingerprint density at radius 3 is 2.87 bits per heavy atom. The quantitative estimate of drug-likeness (QED) is 0.832. The van der Waals surface area contributed by atoms with Gasteiger partial charge in [0.15, 0.2) is 0 Å². The van der Waals surface area contributed by atoms with Gasteiger partial charge in [0.2, 0.25) is 5.91 Å². The van der Waals surface area contributed by atoms with Crippen LogP contribution in [0.3, 0.4) is 0 Å². The third kappa shape index (κ3) is 4.01. The molecule has 1 fully saturated rings. The van der Waals surface area contributed by atoms with Crippen LogP contribution in [0.5, 0.6) is 0 Å². The van der Waals surface area contributed by atoms with Crippen molar-refractivity contribution in [1.82, 2.24) is 19.8 Å². The summed E-state index contributed by atoms with van der Waals surface area (Å²) in [4.78, 5) is 37.1. The van der Waals surface area contributed by atoms with E-state index < -0.39 is 11.6 Å². The molecule has 30 heavy (non-hydrogen) atoms. The molecule has 0 spiro atoms. The fourth-order valence-corrected chi connectivity index (χ4v) is 4.36. The van der Waals surface area contributed by atoms with Crippen LogP contribution in [0.25, 0.3) is 0 Å². The molecule has 1 aromatic carbocycles. The first-order chi connectivity index (χ1) is 14.3. The summed E-state index contributed by atoms with van der Waals surface area (Å²) in [6.45, 7) is 6.12. The molecule has 4 rings (SSSR count). The van der Waals surface area contributed by atoms with Crippen LogP contribution in [0.2, 0.25) is 0 Å². The molecular formula is C22H26F2N4O2. The Morgan fingerprint density at radius 2 is 2.10 bits per heavy atom. The Kier molecular flexibility index (Phi) is 5.69. The van der Waals surface area contributed by atoms with E-state index in [1.54, 1.807) is 4.90 Å². The van der Waals surface area contributed by atoms with Crippen molar-refractivity contribution in [3.63, 3.8) is 0 Å². The fraction of sp³-hybridized carbons (Fsp3) is 0.500. The number of carbonyl (C=O) groups is 1. The molecule has 8 heteroatoms. The summed E-state index contributed by atoms with van der Waals surface area (Å²) < 4.78 is 27.4. The lowest BCUT2D eigenvalue weighted by molar-refractivity contribution is -0.131. The number of aromatic amines is 1. The van der Waals surface area contributed by atoms with Crippen LogP contribution in [0.1, 0.15) is 55.4 Å². The molecule has 1 aromatic heterocycles. The zero-order valence-electron chi connectivity index (χ0n) is 17.3. The molecule has 0 aliphatic carbocycles. The highest BCUT2D eigenvalue weighted by molar-refractivity contribution is 5.79. The first kappa shape index (κ1) is 20.7. The summed E-state index contributed by atoms with van der Waals surface area (Å²) in [7, 11) is 0. The van der Waals surface area contributed by atoms with Gasteiger partial charge in [0.25, 0.3) is 5.56 Å². The molecule has 3 heterocycles. The van der Waals surface area contributed by atoms with E-state index in [0.29, 0.717) is 43.4 Å². The van der Waals surface area contributed by atoms with E-state index in [1.165, 1.54) is 0 Å². The van der Waals surface area contributed by atoms with Crippen LogP contribution in [-0.2, 0) is 24.2 Å². The molecule has 1 N–H and O–H groups in total. The van der Waals surface area contributed by atoms with Crippen LogP contribution in [0.4, 0.5) is 8.78 Å². The van der Waals surface area contributed by atoms with Gasteiger partial charge in [-0.3, -0.25) is 14.5 Å². The smallest absolute Gasteiger partial charge is 0.255 e. The van der Waals surface area contributed by atoms with Gasteiger partial charge in [-0.15, -0.1) is 0 Å². The van der Waals surface area contributed by atoms with Gasteiger partial charge in [-0.1, -0.05) is 0 Å². The molecule has 160 valence electrons. The Bertz CT molecular complexity index is 1020. The summed E-state index contributed by atoms with van der Waals surface area (Å²) >= 11 is 0. The standard InChI is InChI=1S/C22H26F2N4O2/c1-13(2)27-9-7-18-16(12-27)22(30)26-21(25-18)19-4-3-8-28(19)20(29)11-14-10-15(23)5-6-17(14)24/h5-6,10,13,19H,3-4,7-9,11-12H2,1-2H3,(H,25,26,30)/t19-/m0/s1. The average molecular weight is 416 g/mol. The zero-order chi connectivity index (χ0) is 21.4. The number of H-pyrrole nitrogens is 1. The van der Waals surface area contributed by atoms with Gasteiger partial charge >= 0.3 is 0 Å². The van der Waals surface area contributed by atoms with E-state index in [2.05, 4.69) is 23.7 Å². The van der Waals surface area contributed by atoms with Crippen LogP contribution in [-0.4, -0.2) is 44.8 Å². The number of carbonyl (C=O) groups excluding carboxylic acids is 1. The predicted molar refractivity (Wildman–Crippen MR) is 108 cm³/mol. The van der Waals surface area contributed by atoms with Gasteiger partial charge in [0, 0.05) is 37.7 Å². The van der Waals surface area contributed by atoms with Crippen molar-refractivity contribution in [2.45, 2.75) is 58.2 Å². The lowest BCUT2D eigenvalue weighted by Crippen LogP contribution is -2.40. The number of hydrogen-bond donors (Lipinski definition) is 1. The molecule has 0 unspecified atom stereocenters. The minimum absolute atomic E-state index is 0.0336. The lowest BCUT2D eigenvalue weighted by atomic mass is 10.0. The fourth-order valence-electron chi connectivity index (χ4n) is 4.36. The van der Waals surface area contributed by atoms with Crippen LogP contribution < -0.4 is 5.56 Å². The Morgan fingerprint density at radius 1 is 1.30 bits per heavy atom. The van der Waals surface area contributed by atoms with Crippen LogP contribution >= 0.6 is 0 Å². The second kappa shape index (κ2) is 8.26. The molecular weight excluding hydrogens is 390 g/mol. The first-order valence-electron chi connectivity index (χ1n) is 10.4. The number of halogens is 2. The van der Waals surface area contributed by atoms with Crippen molar-refractivity contribution >= 4 is 5.91 Å². The van der Waals surface area contributed by atoms with E-state index in [4.69, 9.17) is 4.98 Å². The molecule has 2 aliphatic rings. The van der Waals surface area contributed by atoms with Crippen molar-refractivity contribution in [2.75, 3.05) is 13.1 Å². The van der Waals surface area contributed by atoms with E-state index in [1.807, 2.05) is 0 Å². The molecule has 1 atom stereocenters. The molecule has 1 saturated heterocycles. The van der Waals surface area contributed by atoms with Crippen molar-refractivity contribution in [3.8, 4) is 0 Å². The first-order valence-corrected chi connectivity index (χ1v) is 10.4. The number of aromatic nitrogens is 2. The highest BCUT2D eigenvalue weighted by Crippen LogP contribution is 2.31. The van der Waals surface area contributed by atoms with Gasteiger partial charge in [0.1, 0.15) is 17.5 Å². The monoisotopic (exact) mass is 416 g/mol. The van der Waals surface area contributed by atoms with Crippen LogP contribution in [0.15, 0.2) is 23.0 Å². The summed E-state index contributed by atoms with van der Waals surface area (Å²) in [5, 5.41) is 0. The van der Waals surface area contributed by atoms with Crippen molar-refractivity contribution in [2.24, 2.45) is 0 Å². The highest BCUT2D eigenvalue weighted by atomic mass is 19.1. The Balaban J connectivity index is 1.56. The molecule has 0 saturated carbocycles. The third-order valence-electron chi connectivity index (χ3n) is 6.08. The second-order valence-corrected chi connectivity index (χ2v) is 8.35. The molecule has 1 amide bonds. The number of nitrogens with one attached hydrogen (secondary N) is 1.